The first-order valence-electron chi connectivity index (χ1n) is 5.31. The van der Waals surface area contributed by atoms with Crippen molar-refractivity contribution in [2.24, 2.45) is 0 Å². The van der Waals surface area contributed by atoms with Gasteiger partial charge in [-0.25, -0.2) is 0 Å². The molecule has 1 rings (SSSR count). The molecular weight excluding hydrogens is 204 g/mol. The molecule has 0 fully saturated rings. The van der Waals surface area contributed by atoms with Gasteiger partial charge in [-0.3, -0.25) is 9.78 Å². The maximum atomic E-state index is 11.8. The molecule has 0 atom stereocenters. The third kappa shape index (κ3) is 3.98. The molecule has 4 heteroatoms. The topological polar surface area (TPSA) is 62.2 Å². The second-order valence-corrected chi connectivity index (χ2v) is 4.71. The van der Waals surface area contributed by atoms with Crippen LogP contribution in [0.25, 0.3) is 0 Å². The van der Waals surface area contributed by atoms with Crippen LogP contribution in [0.1, 0.15) is 36.8 Å². The summed E-state index contributed by atoms with van der Waals surface area (Å²) in [5.41, 5.74) is 1.05. The first kappa shape index (κ1) is 12.6. The monoisotopic (exact) mass is 222 g/mol. The fraction of sp³-hybridized carbons (Fsp3) is 0.500. The van der Waals surface area contributed by atoms with Crippen LogP contribution in [0.3, 0.4) is 0 Å². The predicted molar refractivity (Wildman–Crippen MR) is 62.2 cm³/mol. The summed E-state index contributed by atoms with van der Waals surface area (Å²) in [6.45, 7) is 5.83. The average Bonchev–Trinajstić information content (AvgIpc) is 2.16. The number of aliphatic hydroxyl groups is 1. The van der Waals surface area contributed by atoms with Gasteiger partial charge < -0.3 is 10.4 Å². The summed E-state index contributed by atoms with van der Waals surface area (Å²) in [4.78, 5) is 15.9. The summed E-state index contributed by atoms with van der Waals surface area (Å²) < 4.78 is 0. The van der Waals surface area contributed by atoms with Crippen molar-refractivity contribution in [1.82, 2.24) is 10.3 Å². The van der Waals surface area contributed by atoms with Crippen molar-refractivity contribution in [1.29, 1.82) is 0 Å². The molecule has 0 saturated carbocycles. The molecule has 0 unspecified atom stereocenters. The Hall–Kier alpha value is -1.42. The molecule has 4 nitrogen and oxygen atoms in total. The molecule has 0 aromatic carbocycles. The van der Waals surface area contributed by atoms with Crippen LogP contribution in [0.2, 0.25) is 0 Å². The molecule has 88 valence electrons. The maximum Gasteiger partial charge on any atom is 0.251 e. The summed E-state index contributed by atoms with van der Waals surface area (Å²) in [6, 6.07) is 3.37. The lowest BCUT2D eigenvalue weighted by Crippen LogP contribution is -2.40. The molecule has 0 saturated heterocycles. The number of pyridine rings is 1. The Morgan fingerprint density at radius 3 is 2.75 bits per heavy atom. The number of carbonyl (C=O) groups is 1. The molecule has 16 heavy (non-hydrogen) atoms. The van der Waals surface area contributed by atoms with Crippen LogP contribution in [0.5, 0.6) is 0 Å². The Morgan fingerprint density at radius 1 is 1.50 bits per heavy atom. The van der Waals surface area contributed by atoms with Crippen LogP contribution in [0, 0.1) is 0 Å². The highest BCUT2D eigenvalue weighted by atomic mass is 16.3. The molecule has 1 aromatic heterocycles. The van der Waals surface area contributed by atoms with Crippen molar-refractivity contribution in [2.45, 2.75) is 32.7 Å². The Morgan fingerprint density at radius 2 is 2.19 bits per heavy atom. The summed E-state index contributed by atoms with van der Waals surface area (Å²) >= 11 is 0. The van der Waals surface area contributed by atoms with Crippen LogP contribution in [-0.4, -0.2) is 28.1 Å². The van der Waals surface area contributed by atoms with Crippen LogP contribution in [-0.2, 0) is 6.42 Å². The van der Waals surface area contributed by atoms with Gasteiger partial charge in [0, 0.05) is 36.0 Å². The molecule has 0 spiro atoms. The molecular formula is C12H18N2O2. The van der Waals surface area contributed by atoms with Crippen molar-refractivity contribution in [3.63, 3.8) is 0 Å². The highest BCUT2D eigenvalue weighted by Gasteiger charge is 2.15. The van der Waals surface area contributed by atoms with Crippen LogP contribution in [0.4, 0.5) is 0 Å². The fourth-order valence-electron chi connectivity index (χ4n) is 1.28. The third-order valence-electron chi connectivity index (χ3n) is 1.94. The van der Waals surface area contributed by atoms with Crippen molar-refractivity contribution in [2.75, 3.05) is 6.61 Å². The lowest BCUT2D eigenvalue weighted by Gasteiger charge is -2.20. The van der Waals surface area contributed by atoms with Gasteiger partial charge in [0.2, 0.25) is 0 Å². The smallest absolute Gasteiger partial charge is 0.251 e. The van der Waals surface area contributed by atoms with Gasteiger partial charge in [-0.2, -0.15) is 0 Å². The van der Waals surface area contributed by atoms with Gasteiger partial charge in [0.25, 0.3) is 5.91 Å². The predicted octanol–water partition coefficient (Wildman–Crippen LogP) is 1.14. The van der Waals surface area contributed by atoms with Crippen LogP contribution in [0.15, 0.2) is 18.3 Å². The van der Waals surface area contributed by atoms with Gasteiger partial charge >= 0.3 is 0 Å². The maximum absolute atomic E-state index is 11.8. The molecule has 0 aliphatic rings. The Balaban J connectivity index is 2.79. The Labute approximate surface area is 95.7 Å². The number of amides is 1. The minimum atomic E-state index is -0.252. The number of carbonyl (C=O) groups excluding carboxylic acids is 1. The van der Waals surface area contributed by atoms with E-state index >= 15 is 0 Å². The minimum Gasteiger partial charge on any atom is -0.396 e. The molecule has 0 bridgehead atoms. The van der Waals surface area contributed by atoms with Crippen LogP contribution < -0.4 is 5.32 Å². The number of hydrogen-bond acceptors (Lipinski definition) is 3. The molecule has 0 aliphatic heterocycles. The first-order valence-corrected chi connectivity index (χ1v) is 5.31. The van der Waals surface area contributed by atoms with E-state index in [-0.39, 0.29) is 18.1 Å². The Bertz CT molecular complexity index is 370. The van der Waals surface area contributed by atoms with E-state index < -0.39 is 0 Å². The van der Waals surface area contributed by atoms with Gasteiger partial charge in [0.05, 0.1) is 0 Å². The second-order valence-electron chi connectivity index (χ2n) is 4.71. The van der Waals surface area contributed by atoms with E-state index in [2.05, 4.69) is 10.3 Å². The van der Waals surface area contributed by atoms with E-state index in [1.807, 2.05) is 20.8 Å². The molecule has 2 N–H and O–H groups in total. The molecule has 1 aromatic rings. The number of nitrogens with zero attached hydrogens (tertiary/aromatic N) is 1. The van der Waals surface area contributed by atoms with E-state index in [9.17, 15) is 4.79 Å². The SMILES string of the molecule is CC(C)(C)NC(=O)c1ccnc(CCO)c1. The zero-order chi connectivity index (χ0) is 12.2. The van der Waals surface area contributed by atoms with Crippen molar-refractivity contribution in [3.8, 4) is 0 Å². The third-order valence-corrected chi connectivity index (χ3v) is 1.94. The number of rotatable bonds is 3. The zero-order valence-electron chi connectivity index (χ0n) is 9.95. The van der Waals surface area contributed by atoms with Gasteiger partial charge in [0.1, 0.15) is 0 Å². The van der Waals surface area contributed by atoms with E-state index in [1.165, 1.54) is 0 Å². The van der Waals surface area contributed by atoms with E-state index in [0.29, 0.717) is 12.0 Å². The van der Waals surface area contributed by atoms with E-state index in [0.717, 1.165) is 5.69 Å². The van der Waals surface area contributed by atoms with Gasteiger partial charge in [-0.05, 0) is 32.9 Å². The van der Waals surface area contributed by atoms with E-state index in [4.69, 9.17) is 5.11 Å². The standard InChI is InChI=1S/C12H18N2O2/c1-12(2,3)14-11(16)9-4-6-13-10(8-9)5-7-15/h4,6,8,15H,5,7H2,1-3H3,(H,14,16). The zero-order valence-corrected chi connectivity index (χ0v) is 9.95. The largest absolute Gasteiger partial charge is 0.396 e. The lowest BCUT2D eigenvalue weighted by atomic mass is 10.1. The Kier molecular flexibility index (Phi) is 4.01. The molecule has 1 amide bonds. The van der Waals surface area contributed by atoms with E-state index in [1.54, 1.807) is 18.3 Å². The highest BCUT2D eigenvalue weighted by molar-refractivity contribution is 5.94. The van der Waals surface area contributed by atoms with Crippen molar-refractivity contribution in [3.05, 3.63) is 29.6 Å². The van der Waals surface area contributed by atoms with Crippen molar-refractivity contribution >= 4 is 5.91 Å². The van der Waals surface area contributed by atoms with Crippen LogP contribution >= 0.6 is 0 Å². The van der Waals surface area contributed by atoms with Crippen molar-refractivity contribution < 1.29 is 9.90 Å². The van der Waals surface area contributed by atoms with Gasteiger partial charge in [-0.15, -0.1) is 0 Å². The highest BCUT2D eigenvalue weighted by Crippen LogP contribution is 2.06. The quantitative estimate of drug-likeness (QED) is 0.806. The fourth-order valence-corrected chi connectivity index (χ4v) is 1.28. The van der Waals surface area contributed by atoms with Gasteiger partial charge in [-0.1, -0.05) is 0 Å². The normalized spacial score (nSPS) is 11.2. The molecule has 0 radical (unpaired) electrons. The first-order chi connectivity index (χ1) is 7.42. The second kappa shape index (κ2) is 5.07. The number of hydrogen-bond donors (Lipinski definition) is 2. The average molecular weight is 222 g/mol. The number of nitrogens with one attached hydrogen (secondary N) is 1. The lowest BCUT2D eigenvalue weighted by molar-refractivity contribution is 0.0919. The summed E-state index contributed by atoms with van der Waals surface area (Å²) in [6.07, 6.45) is 2.05. The summed E-state index contributed by atoms with van der Waals surface area (Å²) in [5.74, 6) is -0.117. The molecule has 1 heterocycles. The number of aromatic nitrogens is 1. The minimum absolute atomic E-state index is 0.0390. The molecule has 0 aliphatic carbocycles. The summed E-state index contributed by atoms with van der Waals surface area (Å²) in [5, 5.41) is 11.7. The number of aliphatic hydroxyl groups excluding tert-OH is 1. The summed E-state index contributed by atoms with van der Waals surface area (Å²) in [7, 11) is 0. The van der Waals surface area contributed by atoms with Gasteiger partial charge in [0.15, 0.2) is 0 Å².